The van der Waals surface area contributed by atoms with Crippen LogP contribution in [-0.4, -0.2) is 66.5 Å². The highest BCUT2D eigenvalue weighted by atomic mass is 32.2. The van der Waals surface area contributed by atoms with Gasteiger partial charge < -0.3 is 34.7 Å². The molecule has 9 nitrogen and oxygen atoms in total. The smallest absolute Gasteiger partial charge is 0.407 e. The van der Waals surface area contributed by atoms with Crippen LogP contribution >= 0.6 is 11.8 Å². The molecule has 0 bridgehead atoms. The zero-order chi connectivity index (χ0) is 25.4. The molecule has 3 aliphatic heterocycles. The highest BCUT2D eigenvalue weighted by molar-refractivity contribution is 7.99. The van der Waals surface area contributed by atoms with Crippen LogP contribution in [0.25, 0.3) is 11.3 Å². The summed E-state index contributed by atoms with van der Waals surface area (Å²) in [5.41, 5.74) is 3.22. The lowest BCUT2D eigenvalue weighted by Gasteiger charge is -2.32. The van der Waals surface area contributed by atoms with Gasteiger partial charge in [0.2, 0.25) is 5.56 Å². The van der Waals surface area contributed by atoms with Crippen molar-refractivity contribution < 1.29 is 19.4 Å². The summed E-state index contributed by atoms with van der Waals surface area (Å²) in [6.07, 6.45) is 0.904. The number of para-hydroxylation sites is 1. The Kier molecular flexibility index (Phi) is 6.43. The molecule has 2 saturated heterocycles. The van der Waals surface area contributed by atoms with Crippen molar-refractivity contribution in [3.63, 3.8) is 0 Å². The first kappa shape index (κ1) is 23.7. The number of carboxylic acid groups (broad SMARTS) is 1. The molecule has 3 N–H and O–H groups in total. The van der Waals surface area contributed by atoms with Gasteiger partial charge in [0.15, 0.2) is 5.75 Å². The van der Waals surface area contributed by atoms with E-state index in [2.05, 4.69) is 21.3 Å². The Balaban J connectivity index is 1.25. The number of carbonyl (C=O) groups is 1. The summed E-state index contributed by atoms with van der Waals surface area (Å²) in [5.74, 6) is 1.47. The minimum atomic E-state index is -0.870. The second-order valence-electron chi connectivity index (χ2n) is 9.43. The van der Waals surface area contributed by atoms with E-state index in [-0.39, 0.29) is 11.6 Å². The number of aromatic nitrogens is 1. The number of fused-ring (bicyclic) bond motifs is 2. The number of aromatic amines is 1. The number of anilines is 2. The van der Waals surface area contributed by atoms with Crippen molar-refractivity contribution in [1.82, 2.24) is 9.88 Å². The SMILES string of the molecule is O=C(O)N1CCCC(Nc2ccc3c(c2)Sc2cccc(-c4cc(N5CCOCC5)cc(=O)[nH]4)c2O3)C1. The Morgan fingerprint density at radius 2 is 1.95 bits per heavy atom. The number of piperidine rings is 1. The van der Waals surface area contributed by atoms with Gasteiger partial charge in [-0.05, 0) is 49.2 Å². The maximum absolute atomic E-state index is 12.6. The summed E-state index contributed by atoms with van der Waals surface area (Å²) >= 11 is 1.62. The molecule has 3 aliphatic rings. The zero-order valence-corrected chi connectivity index (χ0v) is 21.1. The Hall–Kier alpha value is -3.63. The Morgan fingerprint density at radius 3 is 2.78 bits per heavy atom. The number of hydrogen-bond acceptors (Lipinski definition) is 7. The fourth-order valence-electron chi connectivity index (χ4n) is 5.09. The van der Waals surface area contributed by atoms with Gasteiger partial charge in [-0.15, -0.1) is 0 Å². The van der Waals surface area contributed by atoms with E-state index in [0.29, 0.717) is 32.0 Å². The van der Waals surface area contributed by atoms with Crippen LogP contribution in [0.4, 0.5) is 16.2 Å². The van der Waals surface area contributed by atoms with Crippen molar-refractivity contribution in [2.24, 2.45) is 0 Å². The topological polar surface area (TPSA) is 107 Å². The fourth-order valence-corrected chi connectivity index (χ4v) is 6.11. The molecule has 2 fully saturated rings. The standard InChI is InChI=1S/C27H28N4O5S/c32-25-15-19(30-9-11-35-12-10-30)14-21(29-25)20-4-1-5-23-26(20)36-22-7-6-17(13-24(22)37-23)28-18-3-2-8-31(16-18)27(33)34/h1,4-7,13-15,18,28H,2-3,8-12,16H2,(H,29,32)(H,33,34). The normalized spacial score (nSPS) is 19.0. The number of nitrogens with one attached hydrogen (secondary N) is 2. The average Bonchev–Trinajstić information content (AvgIpc) is 2.92. The Labute approximate surface area is 218 Å². The summed E-state index contributed by atoms with van der Waals surface area (Å²) in [6.45, 7) is 3.86. The molecular weight excluding hydrogens is 492 g/mol. The number of pyridine rings is 1. The first-order valence-electron chi connectivity index (χ1n) is 12.5. The van der Waals surface area contributed by atoms with Crippen LogP contribution in [0.2, 0.25) is 0 Å². The minimum absolute atomic E-state index is 0.0758. The first-order valence-corrected chi connectivity index (χ1v) is 13.3. The van der Waals surface area contributed by atoms with Gasteiger partial charge in [0.25, 0.3) is 0 Å². The molecule has 1 unspecified atom stereocenters. The molecule has 0 saturated carbocycles. The van der Waals surface area contributed by atoms with Gasteiger partial charge in [0, 0.05) is 55.2 Å². The van der Waals surface area contributed by atoms with Gasteiger partial charge in [-0.2, -0.15) is 0 Å². The molecular formula is C27H28N4O5S. The van der Waals surface area contributed by atoms with E-state index in [1.54, 1.807) is 17.8 Å². The molecule has 1 amide bonds. The molecule has 6 rings (SSSR count). The summed E-state index contributed by atoms with van der Waals surface area (Å²) in [6, 6.07) is 15.6. The Morgan fingerprint density at radius 1 is 1.08 bits per heavy atom. The van der Waals surface area contributed by atoms with Gasteiger partial charge in [0.1, 0.15) is 5.75 Å². The van der Waals surface area contributed by atoms with Crippen molar-refractivity contribution in [2.45, 2.75) is 28.7 Å². The highest BCUT2D eigenvalue weighted by Crippen LogP contribution is 2.51. The number of amides is 1. The van der Waals surface area contributed by atoms with E-state index >= 15 is 0 Å². The quantitative estimate of drug-likeness (QED) is 0.356. The lowest BCUT2D eigenvalue weighted by atomic mass is 10.1. The third-order valence-electron chi connectivity index (χ3n) is 6.91. The number of likely N-dealkylation sites (tertiary alicyclic amines) is 1. The van der Waals surface area contributed by atoms with Gasteiger partial charge in [-0.1, -0.05) is 17.8 Å². The van der Waals surface area contributed by atoms with Crippen LogP contribution in [0.15, 0.2) is 63.1 Å². The second-order valence-corrected chi connectivity index (χ2v) is 10.5. The van der Waals surface area contributed by atoms with Crippen LogP contribution in [-0.2, 0) is 4.74 Å². The maximum Gasteiger partial charge on any atom is 0.407 e. The zero-order valence-electron chi connectivity index (χ0n) is 20.2. The van der Waals surface area contributed by atoms with E-state index in [4.69, 9.17) is 9.47 Å². The van der Waals surface area contributed by atoms with Crippen molar-refractivity contribution in [2.75, 3.05) is 49.6 Å². The van der Waals surface area contributed by atoms with Gasteiger partial charge in [-0.25, -0.2) is 4.79 Å². The van der Waals surface area contributed by atoms with E-state index in [9.17, 15) is 14.7 Å². The molecule has 3 aromatic rings. The van der Waals surface area contributed by atoms with E-state index in [1.807, 2.05) is 36.4 Å². The predicted octanol–water partition coefficient (Wildman–Crippen LogP) is 4.69. The minimum Gasteiger partial charge on any atom is -0.465 e. The van der Waals surface area contributed by atoms with Crippen molar-refractivity contribution in [1.29, 1.82) is 0 Å². The fraction of sp³-hybridized carbons (Fsp3) is 0.333. The van der Waals surface area contributed by atoms with Gasteiger partial charge in [0.05, 0.1) is 28.7 Å². The molecule has 0 spiro atoms. The van der Waals surface area contributed by atoms with Crippen molar-refractivity contribution in [3.8, 4) is 22.8 Å². The maximum atomic E-state index is 12.6. The van der Waals surface area contributed by atoms with Gasteiger partial charge in [-0.3, -0.25) is 4.79 Å². The summed E-state index contributed by atoms with van der Waals surface area (Å²) in [5, 5.41) is 12.8. The van der Waals surface area contributed by atoms with Crippen molar-refractivity contribution in [3.05, 3.63) is 58.9 Å². The summed E-state index contributed by atoms with van der Waals surface area (Å²) < 4.78 is 11.9. The lowest BCUT2D eigenvalue weighted by molar-refractivity contribution is 0.122. The number of H-pyrrole nitrogens is 1. The lowest BCUT2D eigenvalue weighted by Crippen LogP contribution is -2.44. The number of hydrogen-bond donors (Lipinski definition) is 3. The average molecular weight is 521 g/mol. The highest BCUT2D eigenvalue weighted by Gasteiger charge is 2.25. The molecule has 0 aliphatic carbocycles. The van der Waals surface area contributed by atoms with E-state index < -0.39 is 6.09 Å². The van der Waals surface area contributed by atoms with E-state index in [1.165, 1.54) is 4.90 Å². The van der Waals surface area contributed by atoms with E-state index in [0.717, 1.165) is 64.2 Å². The summed E-state index contributed by atoms with van der Waals surface area (Å²) in [4.78, 5) is 32.5. The monoisotopic (exact) mass is 520 g/mol. The largest absolute Gasteiger partial charge is 0.465 e. The molecule has 4 heterocycles. The van der Waals surface area contributed by atoms with Crippen LogP contribution in [0, 0.1) is 0 Å². The Bertz CT molecular complexity index is 1390. The van der Waals surface area contributed by atoms with Crippen LogP contribution in [0.5, 0.6) is 11.5 Å². The molecule has 37 heavy (non-hydrogen) atoms. The first-order chi connectivity index (χ1) is 18.0. The second kappa shape index (κ2) is 10.0. The van der Waals surface area contributed by atoms with Crippen LogP contribution in [0.1, 0.15) is 12.8 Å². The van der Waals surface area contributed by atoms with Gasteiger partial charge >= 0.3 is 6.09 Å². The number of benzene rings is 2. The van der Waals surface area contributed by atoms with Crippen LogP contribution < -0.4 is 20.5 Å². The number of ether oxygens (including phenoxy) is 2. The molecule has 10 heteroatoms. The molecule has 1 atom stereocenters. The molecule has 0 radical (unpaired) electrons. The third kappa shape index (κ3) is 4.99. The molecule has 2 aromatic carbocycles. The number of rotatable bonds is 4. The molecule has 1 aromatic heterocycles. The number of morpholine rings is 1. The predicted molar refractivity (Wildman–Crippen MR) is 142 cm³/mol. The van der Waals surface area contributed by atoms with Crippen molar-refractivity contribution >= 4 is 29.2 Å². The van der Waals surface area contributed by atoms with Crippen LogP contribution in [0.3, 0.4) is 0 Å². The third-order valence-corrected chi connectivity index (χ3v) is 7.99. The molecule has 192 valence electrons. The summed E-state index contributed by atoms with van der Waals surface area (Å²) in [7, 11) is 0. The number of nitrogens with zero attached hydrogens (tertiary/aromatic N) is 2.